The van der Waals surface area contributed by atoms with E-state index in [9.17, 15) is 22.7 Å². The molecule has 1 aliphatic rings. The summed E-state index contributed by atoms with van der Waals surface area (Å²) in [5.41, 5.74) is 7.22. The summed E-state index contributed by atoms with van der Waals surface area (Å²) in [5.74, 6) is -1.62. The highest BCUT2D eigenvalue weighted by Gasteiger charge is 2.26. The number of piperidine rings is 1. The van der Waals surface area contributed by atoms with Gasteiger partial charge in [0.25, 0.3) is 0 Å². The smallest absolute Gasteiger partial charge is 0.335 e. The lowest BCUT2D eigenvalue weighted by atomic mass is 10.0. The van der Waals surface area contributed by atoms with E-state index in [4.69, 9.17) is 5.73 Å². The molecule has 0 saturated carbocycles. The lowest BCUT2D eigenvalue weighted by Crippen LogP contribution is -2.35. The zero-order valence-electron chi connectivity index (χ0n) is 17.9. The number of rotatable bonds is 7. The van der Waals surface area contributed by atoms with Crippen molar-refractivity contribution in [1.82, 2.24) is 13.9 Å². The largest absolute Gasteiger partial charge is 0.478 e. The number of fused-ring (bicyclic) bond motifs is 1. The molecule has 1 fully saturated rings. The van der Waals surface area contributed by atoms with Gasteiger partial charge in [-0.3, -0.25) is 0 Å². The normalized spacial score (nSPS) is 15.8. The minimum Gasteiger partial charge on any atom is -0.478 e. The Morgan fingerprint density at radius 3 is 2.64 bits per heavy atom. The number of carboxylic acid groups (broad SMARTS) is 1. The Morgan fingerprint density at radius 1 is 1.18 bits per heavy atom. The third-order valence-electron chi connectivity index (χ3n) is 5.73. The van der Waals surface area contributed by atoms with Crippen LogP contribution in [-0.4, -0.2) is 53.0 Å². The molecule has 33 heavy (non-hydrogen) atoms. The zero-order chi connectivity index (χ0) is 23.6. The van der Waals surface area contributed by atoms with Crippen LogP contribution in [0.1, 0.15) is 29.6 Å². The van der Waals surface area contributed by atoms with Crippen molar-refractivity contribution in [3.63, 3.8) is 0 Å². The van der Waals surface area contributed by atoms with Gasteiger partial charge in [-0.15, -0.1) is 0 Å². The fourth-order valence-electron chi connectivity index (χ4n) is 4.07. The highest BCUT2D eigenvalue weighted by atomic mass is 32.2. The standard InChI is InChI=1S/C23H25FN4O4S/c24-18(7-8-25)14-27-15-26-22-20(12-17(23(29)30)13-21(22)27)16-5-4-6-19(11-16)33(31,32)28-9-2-1-3-10-28/h4-7,11-13,15H,1-3,8-10,14,25H2,(H,29,30). The molecule has 174 valence electrons. The average Bonchev–Trinajstić information content (AvgIpc) is 3.21. The first-order chi connectivity index (χ1) is 15.8. The van der Waals surface area contributed by atoms with Gasteiger partial charge in [-0.2, -0.15) is 4.31 Å². The molecule has 0 aliphatic carbocycles. The van der Waals surface area contributed by atoms with E-state index < -0.39 is 21.8 Å². The zero-order valence-corrected chi connectivity index (χ0v) is 18.8. The van der Waals surface area contributed by atoms with Gasteiger partial charge >= 0.3 is 5.97 Å². The average molecular weight is 473 g/mol. The number of benzene rings is 2. The van der Waals surface area contributed by atoms with Crippen molar-refractivity contribution in [1.29, 1.82) is 0 Å². The first kappa shape index (κ1) is 23.1. The molecule has 0 radical (unpaired) electrons. The summed E-state index contributed by atoms with van der Waals surface area (Å²) in [4.78, 5) is 16.3. The summed E-state index contributed by atoms with van der Waals surface area (Å²) >= 11 is 0. The number of halogens is 1. The van der Waals surface area contributed by atoms with Crippen LogP contribution in [0.25, 0.3) is 22.2 Å². The molecule has 2 heterocycles. The maximum atomic E-state index is 14.1. The van der Waals surface area contributed by atoms with E-state index in [0.29, 0.717) is 35.2 Å². The third-order valence-corrected chi connectivity index (χ3v) is 7.63. The van der Waals surface area contributed by atoms with Crippen LogP contribution in [0, 0.1) is 0 Å². The van der Waals surface area contributed by atoms with Gasteiger partial charge in [-0.25, -0.2) is 22.6 Å². The van der Waals surface area contributed by atoms with E-state index in [-0.39, 0.29) is 23.5 Å². The van der Waals surface area contributed by atoms with Crippen LogP contribution in [0.3, 0.4) is 0 Å². The predicted molar refractivity (Wildman–Crippen MR) is 123 cm³/mol. The van der Waals surface area contributed by atoms with Crippen molar-refractivity contribution >= 4 is 27.0 Å². The van der Waals surface area contributed by atoms with Gasteiger partial charge in [0.1, 0.15) is 5.83 Å². The molecule has 10 heteroatoms. The lowest BCUT2D eigenvalue weighted by Gasteiger charge is -2.26. The molecule has 2 aromatic carbocycles. The number of allylic oxidation sites excluding steroid dienone is 1. The van der Waals surface area contributed by atoms with Crippen molar-refractivity contribution < 1.29 is 22.7 Å². The van der Waals surface area contributed by atoms with Crippen molar-refractivity contribution in [3.8, 4) is 11.1 Å². The molecule has 0 spiro atoms. The topological polar surface area (TPSA) is 119 Å². The first-order valence-corrected chi connectivity index (χ1v) is 12.1. The summed E-state index contributed by atoms with van der Waals surface area (Å²) in [6, 6.07) is 9.31. The van der Waals surface area contributed by atoms with Gasteiger partial charge in [-0.05, 0) is 48.7 Å². The molecule has 1 aliphatic heterocycles. The van der Waals surface area contributed by atoms with E-state index in [0.717, 1.165) is 19.3 Å². The summed E-state index contributed by atoms with van der Waals surface area (Å²) in [6.45, 7) is 0.872. The van der Waals surface area contributed by atoms with Crippen molar-refractivity contribution in [3.05, 3.63) is 60.2 Å². The molecule has 1 saturated heterocycles. The van der Waals surface area contributed by atoms with Gasteiger partial charge in [0.15, 0.2) is 0 Å². The fourth-order valence-corrected chi connectivity index (χ4v) is 5.63. The molecular weight excluding hydrogens is 447 g/mol. The Morgan fingerprint density at radius 2 is 1.94 bits per heavy atom. The van der Waals surface area contributed by atoms with E-state index >= 15 is 0 Å². The fraction of sp³-hybridized carbons (Fsp3) is 0.304. The molecule has 3 aromatic rings. The van der Waals surface area contributed by atoms with E-state index in [1.165, 1.54) is 45.5 Å². The molecule has 0 amide bonds. The summed E-state index contributed by atoms with van der Waals surface area (Å²) in [6.07, 6.45) is 5.33. The maximum Gasteiger partial charge on any atom is 0.335 e. The highest BCUT2D eigenvalue weighted by molar-refractivity contribution is 7.89. The summed E-state index contributed by atoms with van der Waals surface area (Å²) < 4.78 is 43.4. The van der Waals surface area contributed by atoms with Crippen molar-refractivity contribution in [2.45, 2.75) is 30.7 Å². The van der Waals surface area contributed by atoms with Crippen LogP contribution in [0.15, 0.2) is 59.5 Å². The monoisotopic (exact) mass is 472 g/mol. The van der Waals surface area contributed by atoms with Crippen LogP contribution >= 0.6 is 0 Å². The Balaban J connectivity index is 1.83. The number of nitrogens with zero attached hydrogens (tertiary/aromatic N) is 3. The number of nitrogens with two attached hydrogens (primary N) is 1. The number of carbonyl (C=O) groups is 1. The molecule has 0 bridgehead atoms. The van der Waals surface area contributed by atoms with E-state index in [1.807, 2.05) is 0 Å². The van der Waals surface area contributed by atoms with E-state index in [1.54, 1.807) is 12.1 Å². The van der Waals surface area contributed by atoms with E-state index in [2.05, 4.69) is 4.98 Å². The number of carboxylic acids is 1. The van der Waals surface area contributed by atoms with Crippen molar-refractivity contribution in [2.24, 2.45) is 5.73 Å². The Hall–Kier alpha value is -3.08. The van der Waals surface area contributed by atoms with Crippen LogP contribution in [0.4, 0.5) is 4.39 Å². The highest BCUT2D eigenvalue weighted by Crippen LogP contribution is 2.32. The number of hydrogen-bond donors (Lipinski definition) is 2. The number of sulfonamides is 1. The number of imidazole rings is 1. The second-order valence-electron chi connectivity index (χ2n) is 7.95. The summed E-state index contributed by atoms with van der Waals surface area (Å²) in [5, 5.41) is 9.63. The summed E-state index contributed by atoms with van der Waals surface area (Å²) in [7, 11) is -3.67. The molecule has 1 aromatic heterocycles. The quantitative estimate of drug-likeness (QED) is 0.544. The Bertz CT molecular complexity index is 1330. The third kappa shape index (κ3) is 4.68. The van der Waals surface area contributed by atoms with Gasteiger partial charge in [-0.1, -0.05) is 18.6 Å². The molecule has 4 rings (SSSR count). The van der Waals surface area contributed by atoms with Gasteiger partial charge in [0, 0.05) is 25.2 Å². The van der Waals surface area contributed by atoms with Crippen LogP contribution in [0.2, 0.25) is 0 Å². The second kappa shape index (κ2) is 9.42. The van der Waals surface area contributed by atoms with Crippen LogP contribution in [0.5, 0.6) is 0 Å². The van der Waals surface area contributed by atoms with Crippen molar-refractivity contribution in [2.75, 3.05) is 19.6 Å². The molecule has 8 nitrogen and oxygen atoms in total. The number of hydrogen-bond acceptors (Lipinski definition) is 5. The van der Waals surface area contributed by atoms with Crippen LogP contribution in [-0.2, 0) is 16.6 Å². The van der Waals surface area contributed by atoms with Gasteiger partial charge in [0.05, 0.1) is 34.4 Å². The SMILES string of the molecule is NCC=C(F)Cn1cnc2c(-c3cccc(S(=O)(=O)N4CCCCC4)c3)cc(C(=O)O)cc21. The van der Waals surface area contributed by atoms with Crippen LogP contribution < -0.4 is 5.73 Å². The Kier molecular flexibility index (Phi) is 6.59. The maximum absolute atomic E-state index is 14.1. The lowest BCUT2D eigenvalue weighted by molar-refractivity contribution is 0.0697. The molecule has 3 N–H and O–H groups in total. The Labute approximate surface area is 191 Å². The minimum absolute atomic E-state index is 0.00764. The predicted octanol–water partition coefficient (Wildman–Crippen LogP) is 3.39. The first-order valence-electron chi connectivity index (χ1n) is 10.7. The number of aromatic carboxylic acids is 1. The molecule has 0 atom stereocenters. The van der Waals surface area contributed by atoms with Gasteiger partial charge in [0.2, 0.25) is 10.0 Å². The number of aromatic nitrogens is 2. The second-order valence-corrected chi connectivity index (χ2v) is 9.89. The molecular formula is C23H25FN4O4S. The van der Waals surface area contributed by atoms with Gasteiger partial charge < -0.3 is 15.4 Å². The minimum atomic E-state index is -3.67. The molecule has 0 unspecified atom stereocenters.